The van der Waals surface area contributed by atoms with E-state index in [-0.39, 0.29) is 67.3 Å². The van der Waals surface area contributed by atoms with Crippen LogP contribution in [0.15, 0.2) is 152 Å². The highest BCUT2D eigenvalue weighted by molar-refractivity contribution is 7.92. The molecular formula is C60H48F4N12O8S2. The van der Waals surface area contributed by atoms with Crippen molar-refractivity contribution in [2.24, 2.45) is 0 Å². The van der Waals surface area contributed by atoms with E-state index in [0.717, 1.165) is 24.6 Å². The van der Waals surface area contributed by atoms with Gasteiger partial charge in [-0.1, -0.05) is 60.7 Å². The highest BCUT2D eigenvalue weighted by atomic mass is 32.2. The van der Waals surface area contributed by atoms with Crippen LogP contribution in [0.3, 0.4) is 0 Å². The van der Waals surface area contributed by atoms with Gasteiger partial charge in [0.1, 0.15) is 104 Å². The number of aromatic nitrogens is 8. The summed E-state index contributed by atoms with van der Waals surface area (Å²) in [4.78, 5) is 44.6. The molecule has 2 atom stereocenters. The molecule has 0 aliphatic heterocycles. The number of sulfonamides is 2. The Morgan fingerprint density at radius 1 is 0.500 bits per heavy atom. The molecule has 12 aromatic rings. The van der Waals surface area contributed by atoms with Crippen LogP contribution in [0.4, 0.5) is 40.6 Å². The lowest BCUT2D eigenvalue weighted by atomic mass is 9.99. The standard InChI is InChI=1S/2C30H24F2N6O4S/c2*1-15-10-11-18(13-21(15)37-43(3,40)41)26-25-29(33)34-14-35-30(25)38(36-26)16(2)28-23(17-6-4-7-19(31)12-17)27(39)24-20(32)8-5-9-22(24)42-28/h2*4-14,16,37H,1-3H3,(H2,33,34,35)/t2*16-/m10/s1. The fourth-order valence-electron chi connectivity index (χ4n) is 10.2. The van der Waals surface area contributed by atoms with E-state index < -0.39 is 66.3 Å². The molecule has 6 aromatic heterocycles. The summed E-state index contributed by atoms with van der Waals surface area (Å²) in [6.45, 7) is 6.91. The van der Waals surface area contributed by atoms with Gasteiger partial charge in [-0.2, -0.15) is 10.2 Å². The molecule has 0 aliphatic carbocycles. The minimum Gasteiger partial charge on any atom is -0.458 e. The summed E-state index contributed by atoms with van der Waals surface area (Å²) in [5, 5.41) is 9.81. The summed E-state index contributed by atoms with van der Waals surface area (Å²) in [7, 11) is -7.15. The third kappa shape index (κ3) is 10.8. The summed E-state index contributed by atoms with van der Waals surface area (Å²) in [6, 6.07) is 27.4. The van der Waals surface area contributed by atoms with Gasteiger partial charge in [0.2, 0.25) is 30.9 Å². The first-order chi connectivity index (χ1) is 40.8. The van der Waals surface area contributed by atoms with E-state index in [1.165, 1.54) is 94.8 Å². The Bertz CT molecular complexity index is 4810. The zero-order chi connectivity index (χ0) is 61.3. The number of anilines is 4. The number of hydrogen-bond acceptors (Lipinski definition) is 16. The maximum Gasteiger partial charge on any atom is 0.229 e. The maximum atomic E-state index is 14.9. The molecule has 436 valence electrons. The van der Waals surface area contributed by atoms with Crippen molar-refractivity contribution < 1.29 is 43.2 Å². The number of rotatable bonds is 12. The van der Waals surface area contributed by atoms with Crippen LogP contribution in [-0.2, 0) is 20.0 Å². The molecule has 0 amide bonds. The van der Waals surface area contributed by atoms with Crippen LogP contribution in [0.2, 0.25) is 0 Å². The molecule has 0 spiro atoms. The van der Waals surface area contributed by atoms with Crippen LogP contribution in [0.5, 0.6) is 0 Å². The first-order valence-corrected chi connectivity index (χ1v) is 29.8. The SMILES string of the molecule is Cc1ccc(-c2nn([C@@H](C)c3oc4cccc(F)c4c(=O)c3-c3cccc(F)c3)c3ncnc(N)c23)cc1NS(C)(=O)=O.Cc1ccc(-c2nn([C@H](C)c3oc4cccc(F)c4c(=O)c3-c3cccc(F)c3)c3ncnc(N)c23)cc1NS(C)(=O)=O. The summed E-state index contributed by atoms with van der Waals surface area (Å²) < 4.78 is 127. The molecule has 86 heavy (non-hydrogen) atoms. The number of aryl methyl sites for hydroxylation is 2. The largest absolute Gasteiger partial charge is 0.458 e. The van der Waals surface area contributed by atoms with Gasteiger partial charge in [-0.3, -0.25) is 19.0 Å². The van der Waals surface area contributed by atoms with Crippen LogP contribution in [0, 0.1) is 37.1 Å². The molecule has 20 nitrogen and oxygen atoms in total. The van der Waals surface area contributed by atoms with Crippen molar-refractivity contribution in [3.8, 4) is 44.8 Å². The number of nitrogen functional groups attached to an aromatic ring is 2. The molecule has 0 unspecified atom stereocenters. The van der Waals surface area contributed by atoms with Gasteiger partial charge in [0, 0.05) is 11.1 Å². The lowest BCUT2D eigenvalue weighted by Gasteiger charge is -2.17. The van der Waals surface area contributed by atoms with Gasteiger partial charge in [-0.15, -0.1) is 0 Å². The monoisotopic (exact) mass is 1200 g/mol. The Hall–Kier alpha value is -10.3. The van der Waals surface area contributed by atoms with E-state index in [4.69, 9.17) is 30.5 Å². The van der Waals surface area contributed by atoms with E-state index in [2.05, 4.69) is 29.4 Å². The molecule has 6 N–H and O–H groups in total. The zero-order valence-corrected chi connectivity index (χ0v) is 47.8. The molecule has 0 radical (unpaired) electrons. The van der Waals surface area contributed by atoms with Crippen LogP contribution >= 0.6 is 0 Å². The number of halogens is 4. The molecule has 0 bridgehead atoms. The quantitative estimate of drug-likeness (QED) is 0.0827. The van der Waals surface area contributed by atoms with E-state index in [1.807, 2.05) is 0 Å². The van der Waals surface area contributed by atoms with Gasteiger partial charge in [0.25, 0.3) is 0 Å². The summed E-state index contributed by atoms with van der Waals surface area (Å²) in [6.07, 6.45) is 4.63. The molecule has 26 heteroatoms. The lowest BCUT2D eigenvalue weighted by molar-refractivity contribution is 0.444. The smallest absolute Gasteiger partial charge is 0.229 e. The average Bonchev–Trinajstić information content (AvgIpc) is 3.84. The van der Waals surface area contributed by atoms with Gasteiger partial charge in [-0.25, -0.2) is 63.7 Å². The summed E-state index contributed by atoms with van der Waals surface area (Å²) in [5.74, 6) is -2.31. The van der Waals surface area contributed by atoms with Gasteiger partial charge >= 0.3 is 0 Å². The Morgan fingerprint density at radius 3 is 1.26 bits per heavy atom. The van der Waals surface area contributed by atoms with Crippen molar-refractivity contribution in [2.45, 2.75) is 39.8 Å². The number of fused-ring (bicyclic) bond motifs is 4. The zero-order valence-electron chi connectivity index (χ0n) is 46.2. The average molecular weight is 1210 g/mol. The van der Waals surface area contributed by atoms with Crippen molar-refractivity contribution in [1.29, 1.82) is 0 Å². The molecule has 6 heterocycles. The molecule has 12 rings (SSSR count). The number of benzene rings is 6. The van der Waals surface area contributed by atoms with Gasteiger partial charge in [0.15, 0.2) is 11.3 Å². The predicted molar refractivity (Wildman–Crippen MR) is 320 cm³/mol. The van der Waals surface area contributed by atoms with Gasteiger partial charge < -0.3 is 20.3 Å². The second-order valence-electron chi connectivity index (χ2n) is 20.2. The Kier molecular flexibility index (Phi) is 14.7. The van der Waals surface area contributed by atoms with E-state index in [0.29, 0.717) is 67.1 Å². The lowest BCUT2D eigenvalue weighted by Crippen LogP contribution is -2.17. The summed E-state index contributed by atoms with van der Waals surface area (Å²) in [5.41, 5.74) is 15.9. The number of nitrogens with two attached hydrogens (primary N) is 2. The Morgan fingerprint density at radius 2 is 0.884 bits per heavy atom. The van der Waals surface area contributed by atoms with E-state index in [9.17, 15) is 44.0 Å². The minimum atomic E-state index is -3.57. The Balaban J connectivity index is 0.000000179. The van der Waals surface area contributed by atoms with Crippen LogP contribution in [-0.4, -0.2) is 68.8 Å². The van der Waals surface area contributed by atoms with Crippen LogP contribution in [0.25, 0.3) is 88.8 Å². The first kappa shape index (κ1) is 57.5. The topological polar surface area (TPSA) is 292 Å². The van der Waals surface area contributed by atoms with Crippen molar-refractivity contribution >= 4 is 87.1 Å². The molecule has 0 aliphatic rings. The molecular weight excluding hydrogens is 1160 g/mol. The molecule has 0 fully saturated rings. The fraction of sp³-hybridized carbons (Fsp3) is 0.133. The maximum absolute atomic E-state index is 14.9. The normalized spacial score (nSPS) is 12.6. The molecule has 6 aromatic carbocycles. The van der Waals surface area contributed by atoms with Crippen LogP contribution in [0.1, 0.15) is 48.6 Å². The van der Waals surface area contributed by atoms with Crippen molar-refractivity contribution in [3.63, 3.8) is 0 Å². The van der Waals surface area contributed by atoms with Crippen molar-refractivity contribution in [2.75, 3.05) is 33.4 Å². The fourth-order valence-corrected chi connectivity index (χ4v) is 11.4. The van der Waals surface area contributed by atoms with Gasteiger partial charge in [0.05, 0.1) is 45.8 Å². The molecule has 0 saturated heterocycles. The second kappa shape index (κ2) is 22.0. The van der Waals surface area contributed by atoms with Crippen molar-refractivity contribution in [1.82, 2.24) is 39.5 Å². The minimum absolute atomic E-state index is 0.00727. The highest BCUT2D eigenvalue weighted by Crippen LogP contribution is 2.40. The second-order valence-corrected chi connectivity index (χ2v) is 23.7. The Labute approximate surface area is 485 Å². The summed E-state index contributed by atoms with van der Waals surface area (Å²) >= 11 is 0. The highest BCUT2D eigenvalue weighted by Gasteiger charge is 2.31. The predicted octanol–water partition coefficient (Wildman–Crippen LogP) is 10.8. The number of nitrogens with one attached hydrogen (secondary N) is 2. The van der Waals surface area contributed by atoms with Gasteiger partial charge in [-0.05, 0) is 111 Å². The third-order valence-corrected chi connectivity index (χ3v) is 15.3. The molecule has 0 saturated carbocycles. The number of hydrogen-bond donors (Lipinski definition) is 4. The van der Waals surface area contributed by atoms with Crippen molar-refractivity contribution in [3.05, 3.63) is 200 Å². The number of nitrogens with zero attached hydrogens (tertiary/aromatic N) is 8. The first-order valence-electron chi connectivity index (χ1n) is 26.0. The third-order valence-electron chi connectivity index (χ3n) is 14.2. The van der Waals surface area contributed by atoms with E-state index in [1.54, 1.807) is 64.1 Å². The van der Waals surface area contributed by atoms with E-state index >= 15 is 0 Å². The van der Waals surface area contributed by atoms with Crippen LogP contribution < -0.4 is 31.8 Å².